The molecule has 1 unspecified atom stereocenters. The second-order valence-corrected chi connectivity index (χ2v) is 8.72. The van der Waals surface area contributed by atoms with E-state index in [1.807, 2.05) is 49.4 Å². The van der Waals surface area contributed by atoms with Gasteiger partial charge >= 0.3 is 0 Å². The van der Waals surface area contributed by atoms with Crippen LogP contribution in [0.2, 0.25) is 0 Å². The van der Waals surface area contributed by atoms with E-state index < -0.39 is 10.0 Å². The predicted octanol–water partition coefficient (Wildman–Crippen LogP) is 4.38. The zero-order valence-corrected chi connectivity index (χ0v) is 15.8. The first-order chi connectivity index (χ1) is 12.5. The second-order valence-electron chi connectivity index (χ2n) is 5.97. The van der Waals surface area contributed by atoms with E-state index in [9.17, 15) is 8.42 Å². The third-order valence-corrected chi connectivity index (χ3v) is 6.40. The summed E-state index contributed by atoms with van der Waals surface area (Å²) in [4.78, 5) is 0.224. The van der Waals surface area contributed by atoms with Gasteiger partial charge in [0.15, 0.2) is 0 Å². The Morgan fingerprint density at radius 1 is 1.04 bits per heavy atom. The van der Waals surface area contributed by atoms with Crippen LogP contribution in [0.3, 0.4) is 0 Å². The Morgan fingerprint density at radius 2 is 1.73 bits per heavy atom. The van der Waals surface area contributed by atoms with Gasteiger partial charge in [-0.2, -0.15) is 5.26 Å². The number of thiocyanates is 1. The minimum atomic E-state index is -3.61. The lowest BCUT2D eigenvalue weighted by Crippen LogP contribution is -2.27. The summed E-state index contributed by atoms with van der Waals surface area (Å²) in [7, 11) is -3.61. The van der Waals surface area contributed by atoms with Crippen molar-refractivity contribution >= 4 is 32.6 Å². The number of nitrogens with zero attached hydrogens (tertiary/aromatic N) is 1. The number of benzene rings is 3. The fraction of sp³-hybridized carbons (Fsp3) is 0.150. The summed E-state index contributed by atoms with van der Waals surface area (Å²) >= 11 is 1.05. The van der Waals surface area contributed by atoms with Gasteiger partial charge in [-0.25, -0.2) is 13.1 Å². The second kappa shape index (κ2) is 7.92. The molecule has 0 saturated carbocycles. The van der Waals surface area contributed by atoms with Crippen molar-refractivity contribution in [2.24, 2.45) is 0 Å². The summed E-state index contributed by atoms with van der Waals surface area (Å²) < 4.78 is 27.6. The summed E-state index contributed by atoms with van der Waals surface area (Å²) in [6.45, 7) is 2.05. The van der Waals surface area contributed by atoms with Crippen LogP contribution in [0.15, 0.2) is 71.6 Å². The molecule has 0 fully saturated rings. The Balaban J connectivity index is 1.81. The number of sulfonamides is 1. The average molecular weight is 383 g/mol. The lowest BCUT2D eigenvalue weighted by molar-refractivity contribution is 0.581. The molecule has 6 heteroatoms. The van der Waals surface area contributed by atoms with E-state index >= 15 is 0 Å². The van der Waals surface area contributed by atoms with Gasteiger partial charge < -0.3 is 0 Å². The highest BCUT2D eigenvalue weighted by Gasteiger charge is 2.19. The highest BCUT2D eigenvalue weighted by atomic mass is 32.2. The summed E-state index contributed by atoms with van der Waals surface area (Å²) in [6, 6.07) is 20.6. The zero-order chi connectivity index (χ0) is 18.6. The average Bonchev–Trinajstić information content (AvgIpc) is 2.65. The van der Waals surface area contributed by atoms with Crippen molar-refractivity contribution < 1.29 is 8.42 Å². The van der Waals surface area contributed by atoms with E-state index in [4.69, 9.17) is 5.26 Å². The molecule has 3 aromatic rings. The van der Waals surface area contributed by atoms with Crippen molar-refractivity contribution in [1.29, 1.82) is 5.26 Å². The number of thioether (sulfide) groups is 1. The normalized spacial score (nSPS) is 12.6. The molecular formula is C20H18N2O2S2. The summed E-state index contributed by atoms with van der Waals surface area (Å²) in [6.07, 6.45) is 0. The topological polar surface area (TPSA) is 70.0 Å². The van der Waals surface area contributed by atoms with Crippen LogP contribution in [0.4, 0.5) is 0 Å². The van der Waals surface area contributed by atoms with Crippen LogP contribution < -0.4 is 4.72 Å². The predicted molar refractivity (Wildman–Crippen MR) is 106 cm³/mol. The smallest absolute Gasteiger partial charge is 0.210 e. The van der Waals surface area contributed by atoms with Crippen LogP contribution in [-0.2, 0) is 10.0 Å². The Bertz CT molecular complexity index is 1060. The molecule has 0 bridgehead atoms. The van der Waals surface area contributed by atoms with Gasteiger partial charge in [0.25, 0.3) is 0 Å². The SMILES string of the molecule is Cc1ccc(S(=O)(=O)NCC(SC#N)c2ccc3ccccc3c2)cc1. The maximum atomic E-state index is 12.5. The lowest BCUT2D eigenvalue weighted by Gasteiger charge is -2.15. The Labute approximate surface area is 157 Å². The molecule has 4 nitrogen and oxygen atoms in total. The van der Waals surface area contributed by atoms with Crippen LogP contribution in [0.1, 0.15) is 16.4 Å². The molecule has 132 valence electrons. The molecule has 3 rings (SSSR count). The van der Waals surface area contributed by atoms with Gasteiger partial charge in [0, 0.05) is 6.54 Å². The van der Waals surface area contributed by atoms with E-state index in [-0.39, 0.29) is 16.7 Å². The van der Waals surface area contributed by atoms with Crippen LogP contribution in [0.5, 0.6) is 0 Å². The molecule has 0 heterocycles. The standard InChI is InChI=1S/C20H18N2O2S2/c1-15-6-10-19(11-7-15)26(23,24)22-13-20(25-14-21)18-9-8-16-4-2-3-5-17(16)12-18/h2-12,20,22H,13H2,1H3. The summed E-state index contributed by atoms with van der Waals surface area (Å²) in [5.74, 6) is 0. The van der Waals surface area contributed by atoms with Crippen LogP contribution in [0.25, 0.3) is 10.8 Å². The van der Waals surface area contributed by atoms with Gasteiger partial charge in [0.05, 0.1) is 10.1 Å². The van der Waals surface area contributed by atoms with Gasteiger partial charge in [-0.1, -0.05) is 54.1 Å². The zero-order valence-electron chi connectivity index (χ0n) is 14.2. The van der Waals surface area contributed by atoms with Crippen molar-refractivity contribution in [3.8, 4) is 5.40 Å². The van der Waals surface area contributed by atoms with Crippen molar-refractivity contribution in [3.63, 3.8) is 0 Å². The number of rotatable bonds is 6. The monoisotopic (exact) mass is 382 g/mol. The minimum Gasteiger partial charge on any atom is -0.210 e. The first-order valence-corrected chi connectivity index (χ1v) is 10.5. The van der Waals surface area contributed by atoms with Gasteiger partial charge in [-0.15, -0.1) is 0 Å². The first kappa shape index (κ1) is 18.5. The highest BCUT2D eigenvalue weighted by Crippen LogP contribution is 2.30. The molecule has 26 heavy (non-hydrogen) atoms. The maximum absolute atomic E-state index is 12.5. The van der Waals surface area contributed by atoms with Gasteiger partial charge in [-0.3, -0.25) is 0 Å². The highest BCUT2D eigenvalue weighted by molar-refractivity contribution is 8.04. The fourth-order valence-corrected chi connectivity index (χ4v) is 4.41. The number of aryl methyl sites for hydroxylation is 1. The van der Waals surface area contributed by atoms with Crippen molar-refractivity contribution in [2.75, 3.05) is 6.54 Å². The van der Waals surface area contributed by atoms with Crippen molar-refractivity contribution in [3.05, 3.63) is 77.9 Å². The summed E-state index contributed by atoms with van der Waals surface area (Å²) in [5.41, 5.74) is 1.92. The fourth-order valence-electron chi connectivity index (χ4n) is 2.69. The van der Waals surface area contributed by atoms with Gasteiger partial charge in [0.2, 0.25) is 10.0 Å². The van der Waals surface area contributed by atoms with E-state index in [0.29, 0.717) is 0 Å². The maximum Gasteiger partial charge on any atom is 0.240 e. The number of fused-ring (bicyclic) bond motifs is 1. The van der Waals surface area contributed by atoms with Crippen molar-refractivity contribution in [1.82, 2.24) is 4.72 Å². The van der Waals surface area contributed by atoms with Gasteiger partial charge in [0.1, 0.15) is 5.40 Å². The number of hydrogen-bond acceptors (Lipinski definition) is 4. The van der Waals surface area contributed by atoms with Crippen LogP contribution in [0, 0.1) is 17.6 Å². The molecule has 0 amide bonds. The number of nitrogens with one attached hydrogen (secondary N) is 1. The molecular weight excluding hydrogens is 364 g/mol. The molecule has 0 aromatic heterocycles. The Morgan fingerprint density at radius 3 is 2.42 bits per heavy atom. The summed E-state index contributed by atoms with van der Waals surface area (Å²) in [5, 5.41) is 13.1. The molecule has 1 atom stereocenters. The molecule has 0 aliphatic carbocycles. The van der Waals surface area contributed by atoms with Gasteiger partial charge in [-0.05, 0) is 53.2 Å². The Kier molecular flexibility index (Phi) is 5.62. The lowest BCUT2D eigenvalue weighted by atomic mass is 10.1. The Hall–Kier alpha value is -2.33. The number of hydrogen-bond donors (Lipinski definition) is 1. The molecule has 3 aromatic carbocycles. The minimum absolute atomic E-state index is 0.146. The van der Waals surface area contributed by atoms with E-state index in [2.05, 4.69) is 10.1 Å². The molecule has 0 spiro atoms. The molecule has 0 aliphatic rings. The van der Waals surface area contributed by atoms with E-state index in [1.54, 1.807) is 24.3 Å². The number of nitriles is 1. The third-order valence-electron chi connectivity index (χ3n) is 4.13. The van der Waals surface area contributed by atoms with Crippen molar-refractivity contribution in [2.45, 2.75) is 17.1 Å². The largest absolute Gasteiger partial charge is 0.240 e. The van der Waals surface area contributed by atoms with E-state index in [0.717, 1.165) is 33.7 Å². The van der Waals surface area contributed by atoms with E-state index in [1.165, 1.54) is 0 Å². The molecule has 0 aliphatic heterocycles. The molecule has 1 N–H and O–H groups in total. The molecule has 0 saturated heterocycles. The molecule has 0 radical (unpaired) electrons. The quantitative estimate of drug-likeness (QED) is 0.642. The third kappa shape index (κ3) is 4.25. The van der Waals surface area contributed by atoms with Crippen LogP contribution in [-0.4, -0.2) is 15.0 Å². The van der Waals surface area contributed by atoms with Crippen LogP contribution >= 0.6 is 11.8 Å². The first-order valence-electron chi connectivity index (χ1n) is 8.09.